The summed E-state index contributed by atoms with van der Waals surface area (Å²) in [6, 6.07) is 0. The molecule has 0 radical (unpaired) electrons. The van der Waals surface area contributed by atoms with Gasteiger partial charge in [0, 0.05) is 18.3 Å². The summed E-state index contributed by atoms with van der Waals surface area (Å²) in [5.41, 5.74) is -3.01. The van der Waals surface area contributed by atoms with Crippen molar-refractivity contribution in [1.29, 1.82) is 0 Å². The first-order valence-corrected chi connectivity index (χ1v) is 19.0. The van der Waals surface area contributed by atoms with Crippen molar-refractivity contribution in [2.75, 3.05) is 6.61 Å². The first kappa shape index (κ1) is 37.4. The van der Waals surface area contributed by atoms with Crippen LogP contribution in [0.2, 0.25) is 0 Å². The summed E-state index contributed by atoms with van der Waals surface area (Å²) < 4.78 is 25.3. The molecule has 5 aliphatic carbocycles. The van der Waals surface area contributed by atoms with Gasteiger partial charge in [-0.1, -0.05) is 34.6 Å². The molecule has 2 heterocycles. The molecular formula is C38H62O12. The van der Waals surface area contributed by atoms with E-state index in [9.17, 15) is 40.5 Å². The van der Waals surface area contributed by atoms with E-state index in [1.54, 1.807) is 13.8 Å². The van der Waals surface area contributed by atoms with Gasteiger partial charge >= 0.3 is 5.97 Å². The lowest BCUT2D eigenvalue weighted by molar-refractivity contribution is -0.384. The Hall–Kier alpha value is -0.930. The zero-order valence-corrected chi connectivity index (χ0v) is 31.0. The summed E-state index contributed by atoms with van der Waals surface area (Å²) in [7, 11) is 0. The molecule has 0 aromatic rings. The average molecular weight is 711 g/mol. The van der Waals surface area contributed by atoms with Gasteiger partial charge in [0.1, 0.15) is 36.6 Å². The monoisotopic (exact) mass is 710 g/mol. The maximum absolute atomic E-state index is 13.3. The average Bonchev–Trinajstić information content (AvgIpc) is 3.66. The Kier molecular flexibility index (Phi) is 8.63. The van der Waals surface area contributed by atoms with Crippen LogP contribution in [0.25, 0.3) is 0 Å². The van der Waals surface area contributed by atoms with Crippen LogP contribution in [0.5, 0.6) is 0 Å². The number of rotatable bonds is 6. The van der Waals surface area contributed by atoms with Gasteiger partial charge in [0.05, 0.1) is 18.3 Å². The molecule has 7 N–H and O–H groups in total. The van der Waals surface area contributed by atoms with Crippen molar-refractivity contribution in [3.63, 3.8) is 0 Å². The van der Waals surface area contributed by atoms with Crippen molar-refractivity contribution >= 4 is 5.97 Å². The smallest absolute Gasteiger partial charge is 0.303 e. The van der Waals surface area contributed by atoms with Gasteiger partial charge in [-0.2, -0.15) is 0 Å². The molecule has 7 aliphatic rings. The predicted molar refractivity (Wildman–Crippen MR) is 178 cm³/mol. The van der Waals surface area contributed by atoms with Crippen LogP contribution in [-0.2, 0) is 23.7 Å². The van der Waals surface area contributed by atoms with E-state index in [-0.39, 0.29) is 34.2 Å². The highest BCUT2D eigenvalue weighted by Crippen LogP contribution is 2.90. The van der Waals surface area contributed by atoms with Crippen molar-refractivity contribution < 1.29 is 59.5 Å². The summed E-state index contributed by atoms with van der Waals surface area (Å²) in [6.07, 6.45) is -4.46. The van der Waals surface area contributed by atoms with Crippen LogP contribution in [-0.4, -0.2) is 115 Å². The molecule has 3 unspecified atom stereocenters. The summed E-state index contributed by atoms with van der Waals surface area (Å²) in [6.45, 7) is 14.6. The van der Waals surface area contributed by atoms with Crippen molar-refractivity contribution in [2.24, 2.45) is 50.7 Å². The van der Waals surface area contributed by atoms with Gasteiger partial charge in [0.2, 0.25) is 0 Å². The fourth-order valence-electron chi connectivity index (χ4n) is 14.1. The lowest BCUT2D eigenvalue weighted by atomic mass is 9.41. The Bertz CT molecular complexity index is 1350. The molecule has 0 amide bonds. The number of carbonyl (C=O) groups is 1. The normalized spacial score (nSPS) is 55.8. The van der Waals surface area contributed by atoms with Gasteiger partial charge < -0.3 is 54.7 Å². The first-order chi connectivity index (χ1) is 23.1. The molecule has 7 fully saturated rings. The SMILES string of the molecule is CC(=O)O[C@@H]([C@H]1C[C@@H](C)[C@H]2C(O)(O1)[C@H](O[C@@H]1O[C@H](CO)[C@@H](O)[C@H](O)[C@H]1O)[C@@]1(C)C3CCC4C(C)(C)[C@@H](O)CC[C@@]45C[C@@]35CC[C@]21C)C(C)(C)O. The Morgan fingerprint density at radius 3 is 2.20 bits per heavy atom. The molecule has 0 bridgehead atoms. The topological polar surface area (TPSA) is 196 Å². The summed E-state index contributed by atoms with van der Waals surface area (Å²) in [5, 5.41) is 78.3. The number of esters is 1. The quantitative estimate of drug-likeness (QED) is 0.199. The molecule has 12 nitrogen and oxygen atoms in total. The van der Waals surface area contributed by atoms with Gasteiger partial charge in [-0.15, -0.1) is 0 Å². The fourth-order valence-corrected chi connectivity index (χ4v) is 14.1. The molecule has 2 aliphatic heterocycles. The van der Waals surface area contributed by atoms with Crippen LogP contribution in [0.1, 0.15) is 107 Å². The molecule has 18 atom stereocenters. The lowest BCUT2D eigenvalue weighted by Crippen LogP contribution is -2.65. The minimum Gasteiger partial charge on any atom is -0.457 e. The van der Waals surface area contributed by atoms with E-state index in [1.807, 2.05) is 0 Å². The standard InChI is InChI=1S/C38H62O12/c1-18-15-20(29(33(5,6)45)47-19(2)40)50-38(46)28(18)34(7)13-14-37-17-36(37)12-11-24(41)32(3,4)22(36)9-10-23(37)35(34,8)31(38)49-30-27(44)26(43)25(42)21(16-39)48-30/h18,20-31,39,41-46H,9-17H2,1-8H3/t18-,20-,21-,22?,23?,24+,25-,26+,27-,28-,29+,30+,31-,34-,35-,36-,37+,38?/m1/s1. The van der Waals surface area contributed by atoms with Gasteiger partial charge in [-0.05, 0) is 105 Å². The second-order valence-electron chi connectivity index (χ2n) is 19.2. The number of ether oxygens (including phenoxy) is 4. The first-order valence-electron chi connectivity index (χ1n) is 19.0. The zero-order valence-electron chi connectivity index (χ0n) is 31.0. The Morgan fingerprint density at radius 1 is 0.940 bits per heavy atom. The molecule has 50 heavy (non-hydrogen) atoms. The minimum atomic E-state index is -2.00. The third-order valence-corrected chi connectivity index (χ3v) is 16.3. The van der Waals surface area contributed by atoms with Gasteiger partial charge in [0.25, 0.3) is 0 Å². The number of hydrogen-bond acceptors (Lipinski definition) is 12. The predicted octanol–water partition coefficient (Wildman–Crippen LogP) is 2.01. The third-order valence-electron chi connectivity index (χ3n) is 16.3. The van der Waals surface area contributed by atoms with Crippen LogP contribution in [0.3, 0.4) is 0 Å². The van der Waals surface area contributed by atoms with E-state index in [4.69, 9.17) is 18.9 Å². The highest BCUT2D eigenvalue weighted by Gasteiger charge is 2.87. The largest absolute Gasteiger partial charge is 0.457 e. The minimum absolute atomic E-state index is 0.0432. The molecular weight excluding hydrogens is 648 g/mol. The van der Waals surface area contributed by atoms with Crippen LogP contribution in [0.4, 0.5) is 0 Å². The van der Waals surface area contributed by atoms with E-state index in [1.165, 1.54) is 6.92 Å². The number of aliphatic hydroxyl groups is 7. The van der Waals surface area contributed by atoms with Crippen LogP contribution >= 0.6 is 0 Å². The molecule has 286 valence electrons. The van der Waals surface area contributed by atoms with Crippen molar-refractivity contribution in [3.8, 4) is 0 Å². The fraction of sp³-hybridized carbons (Fsp3) is 0.974. The van der Waals surface area contributed by atoms with Crippen molar-refractivity contribution in [2.45, 2.75) is 173 Å². The molecule has 5 saturated carbocycles. The second-order valence-corrected chi connectivity index (χ2v) is 19.2. The highest BCUT2D eigenvalue weighted by atomic mass is 16.7. The number of carbonyl (C=O) groups excluding carboxylic acids is 1. The third kappa shape index (κ3) is 4.68. The lowest BCUT2D eigenvalue weighted by Gasteiger charge is -2.63. The Balaban J connectivity index is 1.35. The zero-order chi connectivity index (χ0) is 36.8. The Morgan fingerprint density at radius 2 is 1.58 bits per heavy atom. The number of hydrogen-bond donors (Lipinski definition) is 7. The molecule has 0 aromatic heterocycles. The van der Waals surface area contributed by atoms with Crippen LogP contribution in [0, 0.1) is 50.7 Å². The second kappa shape index (κ2) is 11.5. The maximum atomic E-state index is 13.3. The van der Waals surface area contributed by atoms with Crippen molar-refractivity contribution in [3.05, 3.63) is 0 Å². The summed E-state index contributed by atoms with van der Waals surface area (Å²) >= 11 is 0. The number of aliphatic hydroxyl groups excluding tert-OH is 5. The van der Waals surface area contributed by atoms with Crippen LogP contribution < -0.4 is 0 Å². The van der Waals surface area contributed by atoms with Crippen LogP contribution in [0.15, 0.2) is 0 Å². The van der Waals surface area contributed by atoms with Gasteiger partial charge in [0.15, 0.2) is 18.2 Å². The summed E-state index contributed by atoms with van der Waals surface area (Å²) in [4.78, 5) is 12.3. The van der Waals surface area contributed by atoms with E-state index >= 15 is 0 Å². The summed E-state index contributed by atoms with van der Waals surface area (Å²) in [5.74, 6) is -2.78. The van der Waals surface area contributed by atoms with Gasteiger partial charge in [-0.3, -0.25) is 4.79 Å². The maximum Gasteiger partial charge on any atom is 0.303 e. The molecule has 2 saturated heterocycles. The van der Waals surface area contributed by atoms with E-state index in [0.717, 1.165) is 44.9 Å². The van der Waals surface area contributed by atoms with Crippen molar-refractivity contribution in [1.82, 2.24) is 0 Å². The molecule has 7 rings (SSSR count). The highest BCUT2D eigenvalue weighted by molar-refractivity contribution is 5.66. The van der Waals surface area contributed by atoms with Gasteiger partial charge in [-0.25, -0.2) is 0 Å². The van der Waals surface area contributed by atoms with E-state index in [0.29, 0.717) is 12.3 Å². The Labute approximate surface area is 295 Å². The van der Waals surface area contributed by atoms with E-state index < -0.39 is 89.7 Å². The molecule has 0 aromatic carbocycles. The molecule has 2 spiro atoms. The van der Waals surface area contributed by atoms with E-state index in [2.05, 4.69) is 34.6 Å². The number of fused-ring (bicyclic) bond motifs is 4. The molecule has 12 heteroatoms.